The van der Waals surface area contributed by atoms with Gasteiger partial charge in [-0.25, -0.2) is 4.79 Å². The van der Waals surface area contributed by atoms with Crippen LogP contribution in [-0.4, -0.2) is 70.2 Å². The highest BCUT2D eigenvalue weighted by molar-refractivity contribution is 5.87. The Hall–Kier alpha value is -1.14. The van der Waals surface area contributed by atoms with Crippen LogP contribution >= 0.6 is 0 Å². The first-order chi connectivity index (χ1) is 8.52. The monoisotopic (exact) mass is 258 g/mol. The van der Waals surface area contributed by atoms with Gasteiger partial charge in [0.2, 0.25) is 5.91 Å². The topological polar surface area (TPSA) is 81.1 Å². The van der Waals surface area contributed by atoms with E-state index in [-0.39, 0.29) is 18.6 Å². The quantitative estimate of drug-likeness (QED) is 0.687. The number of nitrogens with zero attached hydrogens (tertiary/aromatic N) is 2. The minimum atomic E-state index is -0.932. The third-order valence-corrected chi connectivity index (χ3v) is 3.52. The van der Waals surface area contributed by atoms with Gasteiger partial charge in [0.25, 0.3) is 0 Å². The van der Waals surface area contributed by atoms with E-state index in [1.165, 1.54) is 4.90 Å². The molecule has 0 radical (unpaired) electrons. The SMILES string of the molecule is CCN(CCO)C(C)C(=O)N1CCCC1C(=O)O. The average molecular weight is 258 g/mol. The Kier molecular flexibility index (Phi) is 5.55. The van der Waals surface area contributed by atoms with Gasteiger partial charge in [-0.15, -0.1) is 0 Å². The number of aliphatic hydroxyl groups excluding tert-OH is 1. The van der Waals surface area contributed by atoms with Gasteiger partial charge in [-0.2, -0.15) is 0 Å². The van der Waals surface area contributed by atoms with Crippen molar-refractivity contribution in [3.63, 3.8) is 0 Å². The van der Waals surface area contributed by atoms with Crippen LogP contribution in [-0.2, 0) is 9.59 Å². The number of likely N-dealkylation sites (N-methyl/N-ethyl adjacent to an activating group) is 1. The molecule has 0 saturated carbocycles. The molecule has 1 aliphatic heterocycles. The standard InChI is InChI=1S/C12H22N2O4/c1-3-13(7-8-15)9(2)11(16)14-6-4-5-10(14)12(17)18/h9-10,15H,3-8H2,1-2H3,(H,17,18). The molecule has 1 rings (SSSR count). The van der Waals surface area contributed by atoms with Gasteiger partial charge in [0, 0.05) is 13.1 Å². The number of likely N-dealkylation sites (tertiary alicyclic amines) is 1. The third kappa shape index (κ3) is 3.20. The molecule has 1 heterocycles. The lowest BCUT2D eigenvalue weighted by molar-refractivity contribution is -0.150. The summed E-state index contributed by atoms with van der Waals surface area (Å²) in [6.07, 6.45) is 1.27. The molecule has 2 unspecified atom stereocenters. The van der Waals surface area contributed by atoms with Crippen molar-refractivity contribution in [2.75, 3.05) is 26.2 Å². The van der Waals surface area contributed by atoms with Crippen LogP contribution in [0.1, 0.15) is 26.7 Å². The second kappa shape index (κ2) is 6.70. The number of carboxylic acid groups (broad SMARTS) is 1. The summed E-state index contributed by atoms with van der Waals surface area (Å²) in [6, 6.07) is -1.07. The zero-order valence-corrected chi connectivity index (χ0v) is 11.0. The Labute approximate surface area is 107 Å². The molecule has 6 heteroatoms. The molecule has 1 amide bonds. The predicted molar refractivity (Wildman–Crippen MR) is 66.2 cm³/mol. The first-order valence-electron chi connectivity index (χ1n) is 6.41. The van der Waals surface area contributed by atoms with Crippen LogP contribution in [0.2, 0.25) is 0 Å². The lowest BCUT2D eigenvalue weighted by Gasteiger charge is -2.31. The lowest BCUT2D eigenvalue weighted by atomic mass is 10.2. The summed E-state index contributed by atoms with van der Waals surface area (Å²) < 4.78 is 0. The molecule has 0 aromatic carbocycles. The Balaban J connectivity index is 2.70. The van der Waals surface area contributed by atoms with Crippen LogP contribution in [0.4, 0.5) is 0 Å². The highest BCUT2D eigenvalue weighted by Gasteiger charge is 2.36. The maximum atomic E-state index is 12.3. The van der Waals surface area contributed by atoms with Crippen molar-refractivity contribution in [3.05, 3.63) is 0 Å². The minimum absolute atomic E-state index is 0.00613. The zero-order valence-electron chi connectivity index (χ0n) is 11.0. The third-order valence-electron chi connectivity index (χ3n) is 3.52. The largest absolute Gasteiger partial charge is 0.480 e. The summed E-state index contributed by atoms with van der Waals surface area (Å²) in [7, 11) is 0. The molecule has 18 heavy (non-hydrogen) atoms. The molecule has 1 aliphatic rings. The maximum Gasteiger partial charge on any atom is 0.326 e. The summed E-state index contributed by atoms with van der Waals surface area (Å²) in [5.74, 6) is -1.09. The van der Waals surface area contributed by atoms with Crippen LogP contribution in [0.25, 0.3) is 0 Å². The fourth-order valence-electron chi connectivity index (χ4n) is 2.44. The van der Waals surface area contributed by atoms with E-state index >= 15 is 0 Å². The van der Waals surface area contributed by atoms with Gasteiger partial charge in [0.15, 0.2) is 0 Å². The smallest absolute Gasteiger partial charge is 0.326 e. The molecule has 0 bridgehead atoms. The van der Waals surface area contributed by atoms with Crippen LogP contribution in [0.15, 0.2) is 0 Å². The molecule has 1 saturated heterocycles. The van der Waals surface area contributed by atoms with E-state index in [1.807, 2.05) is 11.8 Å². The number of carbonyl (C=O) groups is 2. The molecule has 0 aromatic rings. The Morgan fingerprint density at radius 1 is 1.50 bits per heavy atom. The summed E-state index contributed by atoms with van der Waals surface area (Å²) >= 11 is 0. The van der Waals surface area contributed by atoms with Gasteiger partial charge in [-0.1, -0.05) is 6.92 Å². The number of aliphatic carboxylic acids is 1. The molecule has 6 nitrogen and oxygen atoms in total. The van der Waals surface area contributed by atoms with E-state index in [0.717, 1.165) is 6.42 Å². The van der Waals surface area contributed by atoms with Crippen LogP contribution < -0.4 is 0 Å². The highest BCUT2D eigenvalue weighted by Crippen LogP contribution is 2.19. The number of carboxylic acids is 1. The Morgan fingerprint density at radius 2 is 2.17 bits per heavy atom. The van der Waals surface area contributed by atoms with Crippen molar-refractivity contribution in [2.24, 2.45) is 0 Å². The van der Waals surface area contributed by atoms with Gasteiger partial charge >= 0.3 is 5.97 Å². The van der Waals surface area contributed by atoms with Crippen LogP contribution in [0.5, 0.6) is 0 Å². The Bertz CT molecular complexity index is 308. The van der Waals surface area contributed by atoms with E-state index < -0.39 is 12.0 Å². The Morgan fingerprint density at radius 3 is 2.67 bits per heavy atom. The molecule has 2 N–H and O–H groups in total. The molecule has 0 spiro atoms. The fraction of sp³-hybridized carbons (Fsp3) is 0.833. The van der Waals surface area contributed by atoms with Crippen LogP contribution in [0, 0.1) is 0 Å². The highest BCUT2D eigenvalue weighted by atomic mass is 16.4. The normalized spacial score (nSPS) is 21.3. The summed E-state index contributed by atoms with van der Waals surface area (Å²) in [5.41, 5.74) is 0. The van der Waals surface area contributed by atoms with Crippen molar-refractivity contribution in [1.29, 1.82) is 0 Å². The molecule has 0 aliphatic carbocycles. The van der Waals surface area contributed by atoms with Gasteiger partial charge < -0.3 is 15.1 Å². The van der Waals surface area contributed by atoms with Gasteiger partial charge in [-0.05, 0) is 26.3 Å². The second-order valence-electron chi connectivity index (χ2n) is 4.56. The maximum absolute atomic E-state index is 12.3. The first kappa shape index (κ1) is 14.9. The van der Waals surface area contributed by atoms with Crippen molar-refractivity contribution >= 4 is 11.9 Å². The summed E-state index contributed by atoms with van der Waals surface area (Å²) in [4.78, 5) is 26.6. The van der Waals surface area contributed by atoms with Crippen molar-refractivity contribution in [3.8, 4) is 0 Å². The fourth-order valence-corrected chi connectivity index (χ4v) is 2.44. The summed E-state index contributed by atoms with van der Waals surface area (Å²) in [6.45, 7) is 5.26. The number of amides is 1. The number of hydrogen-bond acceptors (Lipinski definition) is 4. The number of carbonyl (C=O) groups excluding carboxylic acids is 1. The van der Waals surface area contributed by atoms with Crippen molar-refractivity contribution in [2.45, 2.75) is 38.8 Å². The zero-order chi connectivity index (χ0) is 13.7. The molecule has 104 valence electrons. The van der Waals surface area contributed by atoms with Gasteiger partial charge in [-0.3, -0.25) is 9.69 Å². The van der Waals surface area contributed by atoms with E-state index in [1.54, 1.807) is 6.92 Å². The molecule has 2 atom stereocenters. The molecular weight excluding hydrogens is 236 g/mol. The van der Waals surface area contributed by atoms with Crippen molar-refractivity contribution in [1.82, 2.24) is 9.80 Å². The minimum Gasteiger partial charge on any atom is -0.480 e. The van der Waals surface area contributed by atoms with Crippen molar-refractivity contribution < 1.29 is 19.8 Å². The molecule has 1 fully saturated rings. The molecular formula is C12H22N2O4. The average Bonchev–Trinajstić information content (AvgIpc) is 2.83. The van der Waals surface area contributed by atoms with E-state index in [9.17, 15) is 9.59 Å². The van der Waals surface area contributed by atoms with Gasteiger partial charge in [0.1, 0.15) is 6.04 Å². The summed E-state index contributed by atoms with van der Waals surface area (Å²) in [5, 5.41) is 18.0. The first-order valence-corrected chi connectivity index (χ1v) is 6.41. The lowest BCUT2D eigenvalue weighted by Crippen LogP contribution is -2.51. The number of rotatable bonds is 6. The van der Waals surface area contributed by atoms with Gasteiger partial charge in [0.05, 0.1) is 12.6 Å². The molecule has 0 aromatic heterocycles. The number of hydrogen-bond donors (Lipinski definition) is 2. The number of aliphatic hydroxyl groups is 1. The van der Waals surface area contributed by atoms with E-state index in [2.05, 4.69) is 0 Å². The second-order valence-corrected chi connectivity index (χ2v) is 4.56. The van der Waals surface area contributed by atoms with E-state index in [0.29, 0.717) is 26.1 Å². The van der Waals surface area contributed by atoms with Crippen LogP contribution in [0.3, 0.4) is 0 Å². The predicted octanol–water partition coefficient (Wildman–Crippen LogP) is -0.235. The van der Waals surface area contributed by atoms with E-state index in [4.69, 9.17) is 10.2 Å².